The van der Waals surface area contributed by atoms with Crippen molar-refractivity contribution in [3.63, 3.8) is 0 Å². The Hall–Kier alpha value is -2.67. The van der Waals surface area contributed by atoms with E-state index in [0.29, 0.717) is 12.3 Å². The molecule has 0 aliphatic rings. The van der Waals surface area contributed by atoms with Gasteiger partial charge in [-0.25, -0.2) is 9.59 Å². The Labute approximate surface area is 145 Å². The van der Waals surface area contributed by atoms with Gasteiger partial charge in [0.1, 0.15) is 0 Å². The van der Waals surface area contributed by atoms with E-state index in [0.717, 1.165) is 15.5 Å². The summed E-state index contributed by atoms with van der Waals surface area (Å²) >= 11 is 1.59. The van der Waals surface area contributed by atoms with Crippen molar-refractivity contribution in [2.45, 2.75) is 16.7 Å². The highest BCUT2D eigenvalue weighted by molar-refractivity contribution is 7.99. The van der Waals surface area contributed by atoms with Crippen LogP contribution in [0.4, 0.5) is 21.0 Å². The quantitative estimate of drug-likeness (QED) is 0.760. The van der Waals surface area contributed by atoms with E-state index in [4.69, 9.17) is 4.74 Å². The van der Waals surface area contributed by atoms with Gasteiger partial charge in [0.2, 0.25) is 0 Å². The summed E-state index contributed by atoms with van der Waals surface area (Å²) in [5.74, 6) is 0. The Morgan fingerprint density at radius 3 is 1.88 bits per heavy atom. The molecule has 0 saturated heterocycles. The largest absolute Gasteiger partial charge is 0.450 e. The summed E-state index contributed by atoms with van der Waals surface area (Å²) in [5.41, 5.74) is 1.41. The summed E-state index contributed by atoms with van der Waals surface area (Å²) in [6.45, 7) is 2.10. The fraction of sp³-hybridized carbons (Fsp3) is 0.176. The highest BCUT2D eigenvalue weighted by atomic mass is 32.2. The average molecular weight is 345 g/mol. The van der Waals surface area contributed by atoms with Gasteiger partial charge in [0.05, 0.1) is 6.61 Å². The first-order valence-electron chi connectivity index (χ1n) is 7.41. The number of ether oxygens (including phenoxy) is 1. The summed E-state index contributed by atoms with van der Waals surface area (Å²) in [7, 11) is 1.57. The number of anilines is 2. The molecule has 2 rings (SSSR count). The molecule has 0 fully saturated rings. The molecular formula is C17H19N3O3S. The molecule has 6 nitrogen and oxygen atoms in total. The monoisotopic (exact) mass is 345 g/mol. The van der Waals surface area contributed by atoms with E-state index in [1.54, 1.807) is 25.7 Å². The summed E-state index contributed by atoms with van der Waals surface area (Å²) in [5, 5.41) is 7.86. The molecule has 0 aliphatic heterocycles. The molecular weight excluding hydrogens is 326 g/mol. The highest BCUT2D eigenvalue weighted by Crippen LogP contribution is 2.29. The van der Waals surface area contributed by atoms with Gasteiger partial charge in [-0.3, -0.25) is 5.32 Å². The SMILES string of the molecule is CCOC(=O)Nc1ccc(Sc2ccc(NC(=O)NC)cc2)cc1. The fourth-order valence-corrected chi connectivity index (χ4v) is 2.64. The Kier molecular flexibility index (Phi) is 6.51. The minimum Gasteiger partial charge on any atom is -0.450 e. The normalized spacial score (nSPS) is 9.92. The molecule has 0 atom stereocenters. The lowest BCUT2D eigenvalue weighted by Crippen LogP contribution is -2.24. The summed E-state index contributed by atoms with van der Waals surface area (Å²) in [4.78, 5) is 24.7. The number of nitrogens with one attached hydrogen (secondary N) is 3. The molecule has 0 aliphatic carbocycles. The Bertz CT molecular complexity index is 687. The van der Waals surface area contributed by atoms with Crippen LogP contribution in [-0.4, -0.2) is 25.8 Å². The van der Waals surface area contributed by atoms with Gasteiger partial charge in [-0.05, 0) is 55.5 Å². The number of hydrogen-bond acceptors (Lipinski definition) is 4. The van der Waals surface area contributed by atoms with E-state index in [-0.39, 0.29) is 6.03 Å². The van der Waals surface area contributed by atoms with Crippen LogP contribution in [0.25, 0.3) is 0 Å². The van der Waals surface area contributed by atoms with Crippen LogP contribution in [0.15, 0.2) is 58.3 Å². The van der Waals surface area contributed by atoms with Gasteiger partial charge in [-0.15, -0.1) is 0 Å². The Balaban J connectivity index is 1.93. The number of amides is 3. The van der Waals surface area contributed by atoms with Gasteiger partial charge in [-0.1, -0.05) is 11.8 Å². The Morgan fingerprint density at radius 2 is 1.42 bits per heavy atom. The van der Waals surface area contributed by atoms with Crippen LogP contribution in [0, 0.1) is 0 Å². The molecule has 0 heterocycles. The maximum absolute atomic E-state index is 11.3. The van der Waals surface area contributed by atoms with Crippen LogP contribution in [0.2, 0.25) is 0 Å². The molecule has 0 aromatic heterocycles. The Morgan fingerprint density at radius 1 is 0.917 bits per heavy atom. The van der Waals surface area contributed by atoms with Crippen molar-refractivity contribution < 1.29 is 14.3 Å². The second-order valence-electron chi connectivity index (χ2n) is 4.70. The number of carbonyl (C=O) groups is 2. The van der Waals surface area contributed by atoms with Crippen molar-refractivity contribution in [1.29, 1.82) is 0 Å². The van der Waals surface area contributed by atoms with E-state index in [1.165, 1.54) is 0 Å². The van der Waals surface area contributed by atoms with Crippen molar-refractivity contribution in [3.05, 3.63) is 48.5 Å². The maximum Gasteiger partial charge on any atom is 0.411 e. The first-order valence-corrected chi connectivity index (χ1v) is 8.23. The molecule has 0 radical (unpaired) electrons. The van der Waals surface area contributed by atoms with Crippen LogP contribution in [0.5, 0.6) is 0 Å². The van der Waals surface area contributed by atoms with Gasteiger partial charge in [0, 0.05) is 28.2 Å². The first kappa shape index (κ1) is 17.7. The number of carbonyl (C=O) groups excluding carboxylic acids is 2. The molecule has 0 unspecified atom stereocenters. The molecule has 3 amide bonds. The van der Waals surface area contributed by atoms with Crippen LogP contribution >= 0.6 is 11.8 Å². The van der Waals surface area contributed by atoms with Gasteiger partial charge >= 0.3 is 12.1 Å². The number of benzene rings is 2. The lowest BCUT2D eigenvalue weighted by molar-refractivity contribution is 0.168. The zero-order valence-electron chi connectivity index (χ0n) is 13.5. The van der Waals surface area contributed by atoms with Gasteiger partial charge in [-0.2, -0.15) is 0 Å². The average Bonchev–Trinajstić information content (AvgIpc) is 2.58. The lowest BCUT2D eigenvalue weighted by atomic mass is 10.3. The lowest BCUT2D eigenvalue weighted by Gasteiger charge is -2.07. The van der Waals surface area contributed by atoms with Crippen molar-refractivity contribution in [2.75, 3.05) is 24.3 Å². The highest BCUT2D eigenvalue weighted by Gasteiger charge is 2.03. The van der Waals surface area contributed by atoms with E-state index in [2.05, 4.69) is 16.0 Å². The molecule has 24 heavy (non-hydrogen) atoms. The van der Waals surface area contributed by atoms with Gasteiger partial charge in [0.15, 0.2) is 0 Å². The van der Waals surface area contributed by atoms with Crippen molar-refractivity contribution in [1.82, 2.24) is 5.32 Å². The standard InChI is InChI=1S/C17H19N3O3S/c1-3-23-17(22)20-13-6-10-15(11-7-13)24-14-8-4-12(5-9-14)19-16(21)18-2/h4-11H,3H2,1-2H3,(H,20,22)(H2,18,19,21). The van der Waals surface area contributed by atoms with E-state index in [9.17, 15) is 9.59 Å². The topological polar surface area (TPSA) is 79.5 Å². The van der Waals surface area contributed by atoms with E-state index < -0.39 is 6.09 Å². The molecule has 2 aromatic carbocycles. The summed E-state index contributed by atoms with van der Waals surface area (Å²) in [6.07, 6.45) is -0.461. The van der Waals surface area contributed by atoms with E-state index in [1.807, 2.05) is 48.5 Å². The molecule has 126 valence electrons. The molecule has 0 spiro atoms. The number of urea groups is 1. The number of hydrogen-bond donors (Lipinski definition) is 3. The smallest absolute Gasteiger partial charge is 0.411 e. The molecule has 0 bridgehead atoms. The predicted octanol–water partition coefficient (Wildman–Crippen LogP) is 4.16. The van der Waals surface area contributed by atoms with Crippen LogP contribution in [-0.2, 0) is 4.74 Å². The molecule has 7 heteroatoms. The zero-order valence-corrected chi connectivity index (χ0v) is 14.3. The van der Waals surface area contributed by atoms with Crippen molar-refractivity contribution >= 4 is 35.3 Å². The first-order chi connectivity index (χ1) is 11.6. The summed E-state index contributed by atoms with van der Waals surface area (Å²) in [6, 6.07) is 14.8. The second-order valence-corrected chi connectivity index (χ2v) is 5.85. The van der Waals surface area contributed by atoms with Crippen molar-refractivity contribution in [2.24, 2.45) is 0 Å². The minimum absolute atomic E-state index is 0.250. The third-order valence-corrected chi connectivity index (χ3v) is 3.97. The van der Waals surface area contributed by atoms with Gasteiger partial charge < -0.3 is 15.4 Å². The second kappa shape index (κ2) is 8.83. The fourth-order valence-electron chi connectivity index (χ4n) is 1.83. The van der Waals surface area contributed by atoms with Crippen LogP contribution < -0.4 is 16.0 Å². The minimum atomic E-state index is -0.461. The third-order valence-electron chi connectivity index (χ3n) is 2.95. The van der Waals surface area contributed by atoms with Crippen LogP contribution in [0.1, 0.15) is 6.92 Å². The zero-order chi connectivity index (χ0) is 17.4. The number of rotatable bonds is 5. The van der Waals surface area contributed by atoms with Crippen molar-refractivity contribution in [3.8, 4) is 0 Å². The molecule has 2 aromatic rings. The third kappa shape index (κ3) is 5.51. The maximum atomic E-state index is 11.3. The van der Waals surface area contributed by atoms with E-state index >= 15 is 0 Å². The molecule has 3 N–H and O–H groups in total. The van der Waals surface area contributed by atoms with Crippen LogP contribution in [0.3, 0.4) is 0 Å². The predicted molar refractivity (Wildman–Crippen MR) is 95.7 cm³/mol. The molecule has 0 saturated carbocycles. The summed E-state index contributed by atoms with van der Waals surface area (Å²) < 4.78 is 4.83. The van der Waals surface area contributed by atoms with Gasteiger partial charge in [0.25, 0.3) is 0 Å².